The highest BCUT2D eigenvalue weighted by atomic mass is 32.2. The summed E-state index contributed by atoms with van der Waals surface area (Å²) in [6.07, 6.45) is 1.89. The third-order valence-electron chi connectivity index (χ3n) is 3.54. The fraction of sp³-hybridized carbons (Fsp3) is 0.312. The van der Waals surface area contributed by atoms with Gasteiger partial charge < -0.3 is 15.5 Å². The van der Waals surface area contributed by atoms with Crippen LogP contribution in [0.4, 0.5) is 0 Å². The number of phenols is 1. The van der Waals surface area contributed by atoms with Crippen LogP contribution in [-0.4, -0.2) is 40.3 Å². The number of thioether (sulfide) groups is 1. The Bertz CT molecular complexity index is 640. The SMILES string of the molecule is CSC(CO)C(C)NC(=O)c1ccc2ccccc2c1O. The van der Waals surface area contributed by atoms with Gasteiger partial charge in [0.05, 0.1) is 12.2 Å². The van der Waals surface area contributed by atoms with Gasteiger partial charge in [0, 0.05) is 16.7 Å². The first-order valence-electron chi connectivity index (χ1n) is 6.73. The van der Waals surface area contributed by atoms with E-state index in [2.05, 4.69) is 5.32 Å². The Kier molecular flexibility index (Phi) is 5.09. The largest absolute Gasteiger partial charge is 0.506 e. The van der Waals surface area contributed by atoms with Crippen molar-refractivity contribution in [3.63, 3.8) is 0 Å². The van der Waals surface area contributed by atoms with E-state index in [1.54, 1.807) is 12.1 Å². The number of nitrogens with one attached hydrogen (secondary N) is 1. The third-order valence-corrected chi connectivity index (χ3v) is 4.71. The lowest BCUT2D eigenvalue weighted by Gasteiger charge is -2.21. The number of hydrogen-bond donors (Lipinski definition) is 3. The quantitative estimate of drug-likeness (QED) is 0.793. The van der Waals surface area contributed by atoms with Gasteiger partial charge in [-0.2, -0.15) is 11.8 Å². The highest BCUT2D eigenvalue weighted by Crippen LogP contribution is 2.28. The molecule has 0 heterocycles. The molecule has 2 atom stereocenters. The predicted molar refractivity (Wildman–Crippen MR) is 86.9 cm³/mol. The third kappa shape index (κ3) is 3.31. The fourth-order valence-electron chi connectivity index (χ4n) is 2.25. The molecule has 0 bridgehead atoms. The van der Waals surface area contributed by atoms with Crippen molar-refractivity contribution < 1.29 is 15.0 Å². The van der Waals surface area contributed by atoms with Gasteiger partial charge in [0.25, 0.3) is 5.91 Å². The number of aliphatic hydroxyl groups is 1. The van der Waals surface area contributed by atoms with E-state index in [1.165, 1.54) is 11.8 Å². The number of fused-ring (bicyclic) bond motifs is 1. The first-order chi connectivity index (χ1) is 10.1. The zero-order chi connectivity index (χ0) is 15.4. The highest BCUT2D eigenvalue weighted by Gasteiger charge is 2.20. The van der Waals surface area contributed by atoms with Gasteiger partial charge >= 0.3 is 0 Å². The number of phenolic OH excluding ortho intramolecular Hbond substituents is 1. The lowest BCUT2D eigenvalue weighted by molar-refractivity contribution is 0.0933. The first-order valence-corrected chi connectivity index (χ1v) is 8.02. The number of hydrogen-bond acceptors (Lipinski definition) is 4. The van der Waals surface area contributed by atoms with Gasteiger partial charge in [-0.1, -0.05) is 30.3 Å². The molecular formula is C16H19NO3S. The molecule has 0 aliphatic carbocycles. The molecule has 2 aromatic carbocycles. The molecule has 1 amide bonds. The second-order valence-electron chi connectivity index (χ2n) is 4.90. The number of benzene rings is 2. The molecule has 21 heavy (non-hydrogen) atoms. The van der Waals surface area contributed by atoms with Crippen LogP contribution in [0.15, 0.2) is 36.4 Å². The Morgan fingerprint density at radius 2 is 2.00 bits per heavy atom. The Morgan fingerprint density at radius 3 is 2.67 bits per heavy atom. The number of carbonyl (C=O) groups excluding carboxylic acids is 1. The monoisotopic (exact) mass is 305 g/mol. The minimum atomic E-state index is -0.335. The Hall–Kier alpha value is -1.72. The second-order valence-corrected chi connectivity index (χ2v) is 5.98. The molecule has 2 aromatic rings. The molecule has 0 spiro atoms. The molecule has 5 heteroatoms. The van der Waals surface area contributed by atoms with Gasteiger partial charge in [0.15, 0.2) is 0 Å². The van der Waals surface area contributed by atoms with Crippen LogP contribution in [0.1, 0.15) is 17.3 Å². The summed E-state index contributed by atoms with van der Waals surface area (Å²) < 4.78 is 0. The van der Waals surface area contributed by atoms with Gasteiger partial charge in [0.2, 0.25) is 0 Å². The molecule has 0 radical (unpaired) electrons. The Balaban J connectivity index is 2.25. The molecule has 4 nitrogen and oxygen atoms in total. The molecule has 0 aliphatic heterocycles. The summed E-state index contributed by atoms with van der Waals surface area (Å²) in [4.78, 5) is 12.3. The summed E-state index contributed by atoms with van der Waals surface area (Å²) >= 11 is 1.49. The average Bonchev–Trinajstić information content (AvgIpc) is 2.49. The van der Waals surface area contributed by atoms with Crippen molar-refractivity contribution in [2.45, 2.75) is 18.2 Å². The molecule has 0 saturated heterocycles. The topological polar surface area (TPSA) is 69.6 Å². The molecule has 112 valence electrons. The van der Waals surface area contributed by atoms with E-state index in [0.29, 0.717) is 5.39 Å². The average molecular weight is 305 g/mol. The maximum absolute atomic E-state index is 12.3. The molecule has 0 fully saturated rings. The normalized spacial score (nSPS) is 13.9. The summed E-state index contributed by atoms with van der Waals surface area (Å²) in [5.74, 6) is -0.347. The zero-order valence-electron chi connectivity index (χ0n) is 12.0. The molecule has 2 rings (SSSR count). The van der Waals surface area contributed by atoms with Gasteiger partial charge in [0.1, 0.15) is 5.75 Å². The molecule has 3 N–H and O–H groups in total. The van der Waals surface area contributed by atoms with Crippen molar-refractivity contribution in [2.75, 3.05) is 12.9 Å². The molecule has 0 aliphatic rings. The van der Waals surface area contributed by atoms with Gasteiger partial charge in [-0.05, 0) is 24.6 Å². The minimum absolute atomic E-state index is 0.00762. The number of rotatable bonds is 5. The van der Waals surface area contributed by atoms with Crippen molar-refractivity contribution in [1.29, 1.82) is 0 Å². The van der Waals surface area contributed by atoms with Crippen LogP contribution in [-0.2, 0) is 0 Å². The van der Waals surface area contributed by atoms with Crippen LogP contribution >= 0.6 is 11.8 Å². The first kappa shape index (κ1) is 15.7. The van der Waals surface area contributed by atoms with Crippen molar-refractivity contribution in [3.8, 4) is 5.75 Å². The summed E-state index contributed by atoms with van der Waals surface area (Å²) in [6.45, 7) is 1.83. The number of carbonyl (C=O) groups is 1. The van der Waals surface area contributed by atoms with Crippen LogP contribution in [0.3, 0.4) is 0 Å². The fourth-order valence-corrected chi connectivity index (χ4v) is 2.88. The van der Waals surface area contributed by atoms with E-state index in [9.17, 15) is 15.0 Å². The van der Waals surface area contributed by atoms with Crippen LogP contribution in [0.2, 0.25) is 0 Å². The highest BCUT2D eigenvalue weighted by molar-refractivity contribution is 7.99. The van der Waals surface area contributed by atoms with Crippen LogP contribution in [0.25, 0.3) is 10.8 Å². The lowest BCUT2D eigenvalue weighted by Crippen LogP contribution is -2.41. The van der Waals surface area contributed by atoms with Gasteiger partial charge in [-0.25, -0.2) is 0 Å². The molecule has 2 unspecified atom stereocenters. The summed E-state index contributed by atoms with van der Waals surface area (Å²) in [5, 5.41) is 23.8. The van der Waals surface area contributed by atoms with Crippen LogP contribution in [0, 0.1) is 0 Å². The van der Waals surface area contributed by atoms with E-state index in [4.69, 9.17) is 0 Å². The molecular weight excluding hydrogens is 286 g/mol. The van der Waals surface area contributed by atoms with E-state index in [-0.39, 0.29) is 35.1 Å². The van der Waals surface area contributed by atoms with Crippen LogP contribution in [0.5, 0.6) is 5.75 Å². The summed E-state index contributed by atoms with van der Waals surface area (Å²) in [6, 6.07) is 10.6. The molecule has 0 saturated carbocycles. The van der Waals surface area contributed by atoms with Crippen molar-refractivity contribution in [3.05, 3.63) is 42.0 Å². The maximum atomic E-state index is 12.3. The Labute approximate surface area is 128 Å². The lowest BCUT2D eigenvalue weighted by atomic mass is 10.0. The van der Waals surface area contributed by atoms with E-state index < -0.39 is 0 Å². The Morgan fingerprint density at radius 1 is 1.29 bits per heavy atom. The number of amides is 1. The second kappa shape index (κ2) is 6.83. The van der Waals surface area contributed by atoms with Gasteiger partial charge in [-0.15, -0.1) is 0 Å². The van der Waals surface area contributed by atoms with E-state index in [0.717, 1.165) is 5.39 Å². The summed E-state index contributed by atoms with van der Waals surface area (Å²) in [7, 11) is 0. The zero-order valence-corrected chi connectivity index (χ0v) is 12.9. The smallest absolute Gasteiger partial charge is 0.255 e. The van der Waals surface area contributed by atoms with Crippen molar-refractivity contribution >= 4 is 28.4 Å². The van der Waals surface area contributed by atoms with Crippen molar-refractivity contribution in [1.82, 2.24) is 5.32 Å². The van der Waals surface area contributed by atoms with Gasteiger partial charge in [-0.3, -0.25) is 4.79 Å². The standard InChI is InChI=1S/C16H19NO3S/c1-10(14(9-18)21-2)17-16(20)13-8-7-11-5-3-4-6-12(11)15(13)19/h3-8,10,14,18-19H,9H2,1-2H3,(H,17,20). The minimum Gasteiger partial charge on any atom is -0.506 e. The predicted octanol–water partition coefficient (Wildman–Crippen LogP) is 2.39. The van der Waals surface area contributed by atoms with E-state index >= 15 is 0 Å². The molecule has 0 aromatic heterocycles. The van der Waals surface area contributed by atoms with Crippen molar-refractivity contribution in [2.24, 2.45) is 0 Å². The number of aromatic hydroxyl groups is 1. The van der Waals surface area contributed by atoms with Crippen LogP contribution < -0.4 is 5.32 Å². The van der Waals surface area contributed by atoms with E-state index in [1.807, 2.05) is 37.4 Å². The maximum Gasteiger partial charge on any atom is 0.255 e. The number of aliphatic hydroxyl groups excluding tert-OH is 1. The summed E-state index contributed by atoms with van der Waals surface area (Å²) in [5.41, 5.74) is 0.248.